The van der Waals surface area contributed by atoms with Crippen LogP contribution in [0.5, 0.6) is 0 Å². The van der Waals surface area contributed by atoms with Gasteiger partial charge in [-0.05, 0) is 69.2 Å². The number of halogens is 1. The van der Waals surface area contributed by atoms with Crippen LogP contribution in [0.1, 0.15) is 61.5 Å². The average Bonchev–Trinajstić information content (AvgIpc) is 3.76. The van der Waals surface area contributed by atoms with E-state index in [1.54, 1.807) is 38.1 Å². The average molecular weight is 552 g/mol. The Morgan fingerprint density at radius 3 is 2.48 bits per heavy atom. The number of rotatable bonds is 7. The summed E-state index contributed by atoms with van der Waals surface area (Å²) in [7, 11) is 0. The van der Waals surface area contributed by atoms with Crippen LogP contribution in [0.25, 0.3) is 10.9 Å². The van der Waals surface area contributed by atoms with E-state index in [1.165, 1.54) is 20.1 Å². The van der Waals surface area contributed by atoms with Gasteiger partial charge in [0.1, 0.15) is 5.82 Å². The van der Waals surface area contributed by atoms with E-state index in [2.05, 4.69) is 10.6 Å². The van der Waals surface area contributed by atoms with E-state index in [-0.39, 0.29) is 53.7 Å². The van der Waals surface area contributed by atoms with E-state index in [9.17, 15) is 24.3 Å². The summed E-state index contributed by atoms with van der Waals surface area (Å²) in [4.78, 5) is 53.7. The molecule has 11 heteroatoms. The number of piperidine rings is 1. The first-order valence-electron chi connectivity index (χ1n) is 13.7. The maximum atomic E-state index is 15.2. The molecule has 2 aliphatic rings. The number of hydrogen-bond acceptors (Lipinski definition) is 5. The van der Waals surface area contributed by atoms with Gasteiger partial charge in [-0.3, -0.25) is 18.7 Å². The molecule has 1 aromatic heterocycles. The lowest BCUT2D eigenvalue weighted by Gasteiger charge is -2.33. The molecule has 2 heterocycles. The third kappa shape index (κ3) is 5.65. The van der Waals surface area contributed by atoms with Gasteiger partial charge in [-0.25, -0.2) is 14.0 Å². The number of nitrogens with zero attached hydrogens (tertiary/aromatic N) is 3. The Balaban J connectivity index is 1.34. The molecule has 1 aliphatic heterocycles. The topological polar surface area (TPSA) is 126 Å². The number of carbonyl (C=O) groups is 2. The van der Waals surface area contributed by atoms with Gasteiger partial charge in [-0.2, -0.15) is 0 Å². The molecule has 0 radical (unpaired) electrons. The van der Waals surface area contributed by atoms with Crippen LogP contribution in [-0.4, -0.2) is 50.2 Å². The van der Waals surface area contributed by atoms with E-state index >= 15 is 4.39 Å². The fourth-order valence-corrected chi connectivity index (χ4v) is 5.22. The molecule has 1 atom stereocenters. The van der Waals surface area contributed by atoms with Crippen molar-refractivity contribution >= 4 is 28.5 Å². The molecule has 2 aromatic carbocycles. The van der Waals surface area contributed by atoms with E-state index in [4.69, 9.17) is 0 Å². The molecule has 3 N–H and O–H groups in total. The van der Waals surface area contributed by atoms with Crippen LogP contribution in [0.15, 0.2) is 46.0 Å². The predicted octanol–water partition coefficient (Wildman–Crippen LogP) is 3.21. The number of anilines is 1. The largest absolute Gasteiger partial charge is 0.392 e. The monoisotopic (exact) mass is 551 g/mol. The molecule has 5 rings (SSSR count). The second-order valence-corrected chi connectivity index (χ2v) is 11.0. The van der Waals surface area contributed by atoms with Gasteiger partial charge in [0, 0.05) is 43.3 Å². The molecule has 1 aliphatic carbocycles. The zero-order chi connectivity index (χ0) is 28.6. The fraction of sp³-hybridized carbons (Fsp3) is 0.448. The summed E-state index contributed by atoms with van der Waals surface area (Å²) in [6.07, 6.45) is 3.25. The molecule has 10 nitrogen and oxygen atoms in total. The number of aliphatic hydroxyl groups excluding tert-OH is 1. The predicted molar refractivity (Wildman–Crippen MR) is 149 cm³/mol. The summed E-state index contributed by atoms with van der Waals surface area (Å²) in [5.41, 5.74) is 0.252. The second kappa shape index (κ2) is 11.2. The van der Waals surface area contributed by atoms with Crippen LogP contribution in [0, 0.1) is 11.7 Å². The Hall–Kier alpha value is -3.99. The van der Waals surface area contributed by atoms with Crippen molar-refractivity contribution in [2.75, 3.05) is 18.4 Å². The maximum Gasteiger partial charge on any atom is 0.331 e. The highest BCUT2D eigenvalue weighted by molar-refractivity contribution is 5.95. The zero-order valence-corrected chi connectivity index (χ0v) is 22.7. The van der Waals surface area contributed by atoms with Gasteiger partial charge in [0.05, 0.1) is 23.2 Å². The second-order valence-electron chi connectivity index (χ2n) is 11.0. The Morgan fingerprint density at radius 2 is 1.82 bits per heavy atom. The summed E-state index contributed by atoms with van der Waals surface area (Å²) in [6.45, 7) is 4.49. The van der Waals surface area contributed by atoms with Crippen LogP contribution >= 0.6 is 0 Å². The lowest BCUT2D eigenvalue weighted by Crippen LogP contribution is -2.50. The van der Waals surface area contributed by atoms with Gasteiger partial charge in [-0.15, -0.1) is 0 Å². The molecule has 0 spiro atoms. The van der Waals surface area contributed by atoms with Gasteiger partial charge in [0.15, 0.2) is 0 Å². The van der Waals surface area contributed by atoms with E-state index in [1.807, 2.05) is 0 Å². The molecule has 1 unspecified atom stereocenters. The Morgan fingerprint density at radius 1 is 1.10 bits per heavy atom. The smallest absolute Gasteiger partial charge is 0.331 e. The summed E-state index contributed by atoms with van der Waals surface area (Å²) < 4.78 is 17.9. The lowest BCUT2D eigenvalue weighted by molar-refractivity contribution is 0.0913. The van der Waals surface area contributed by atoms with Crippen molar-refractivity contribution in [2.45, 2.75) is 64.8 Å². The molecule has 3 amide bonds. The molecular formula is C29H34FN5O5. The number of nitrogens with one attached hydrogen (secondary N) is 2. The van der Waals surface area contributed by atoms with Crippen molar-refractivity contribution in [3.63, 3.8) is 0 Å². The number of amides is 3. The molecule has 2 fully saturated rings. The van der Waals surface area contributed by atoms with E-state index in [0.29, 0.717) is 37.1 Å². The Labute approximate surface area is 230 Å². The summed E-state index contributed by atoms with van der Waals surface area (Å²) in [5.74, 6) is -0.742. The van der Waals surface area contributed by atoms with E-state index < -0.39 is 23.1 Å². The fourth-order valence-electron chi connectivity index (χ4n) is 5.22. The van der Waals surface area contributed by atoms with Crippen molar-refractivity contribution in [1.29, 1.82) is 0 Å². The highest BCUT2D eigenvalue weighted by Gasteiger charge is 2.28. The minimum Gasteiger partial charge on any atom is -0.392 e. The van der Waals surface area contributed by atoms with Crippen LogP contribution < -0.4 is 21.9 Å². The lowest BCUT2D eigenvalue weighted by atomic mass is 10.0. The maximum absolute atomic E-state index is 15.2. The van der Waals surface area contributed by atoms with Gasteiger partial charge < -0.3 is 20.6 Å². The van der Waals surface area contributed by atoms with Gasteiger partial charge in [0.2, 0.25) is 0 Å². The number of likely N-dealkylation sites (tertiary alicyclic amines) is 1. The number of aromatic nitrogens is 2. The van der Waals surface area contributed by atoms with E-state index in [0.717, 1.165) is 18.9 Å². The molecule has 40 heavy (non-hydrogen) atoms. The molecule has 3 aromatic rings. The first-order chi connectivity index (χ1) is 19.2. The van der Waals surface area contributed by atoms with Crippen molar-refractivity contribution < 1.29 is 19.1 Å². The third-order valence-electron chi connectivity index (χ3n) is 7.60. The number of benzene rings is 2. The minimum atomic E-state index is -0.748. The normalized spacial score (nSPS) is 17.3. The Bertz CT molecular complexity index is 1560. The summed E-state index contributed by atoms with van der Waals surface area (Å²) >= 11 is 0. The third-order valence-corrected chi connectivity index (χ3v) is 7.60. The minimum absolute atomic E-state index is 0.111. The summed E-state index contributed by atoms with van der Waals surface area (Å²) in [6, 6.07) is 7.93. The van der Waals surface area contributed by atoms with Gasteiger partial charge in [0.25, 0.3) is 11.5 Å². The van der Waals surface area contributed by atoms with Crippen molar-refractivity contribution in [2.24, 2.45) is 5.92 Å². The number of hydrogen-bond donors (Lipinski definition) is 3. The standard InChI is InChI=1S/C29H34FN5O5/c1-17(2)35-25-13-23(30)24(12-22(25)27(38)34(29(35)40)14-18-5-6-18)32-28(39)33-11-3-4-21(15-33)31-26(37)20-9-7-19(16-36)8-10-20/h7-10,12-13,17-18,21,36H,3-6,11,14-16H2,1-2H3,(H,31,37)(H,32,39). The van der Waals surface area contributed by atoms with Crippen LogP contribution in [0.4, 0.5) is 14.9 Å². The number of aliphatic hydroxyl groups is 1. The first kappa shape index (κ1) is 27.6. The molecule has 1 saturated heterocycles. The van der Waals surface area contributed by atoms with Crippen molar-refractivity contribution in [1.82, 2.24) is 19.4 Å². The van der Waals surface area contributed by atoms with Crippen LogP contribution in [0.2, 0.25) is 0 Å². The quantitative estimate of drug-likeness (QED) is 0.416. The highest BCUT2D eigenvalue weighted by atomic mass is 19.1. The SMILES string of the molecule is CC(C)n1c(=O)n(CC2CC2)c(=O)c2cc(NC(=O)N3CCCC(NC(=O)c4ccc(CO)cc4)C3)c(F)cc21. The number of fused-ring (bicyclic) bond motifs is 1. The van der Waals surface area contributed by atoms with Crippen LogP contribution in [-0.2, 0) is 13.2 Å². The highest BCUT2D eigenvalue weighted by Crippen LogP contribution is 2.30. The Kier molecular flexibility index (Phi) is 7.75. The van der Waals surface area contributed by atoms with Crippen LogP contribution in [0.3, 0.4) is 0 Å². The van der Waals surface area contributed by atoms with Crippen molar-refractivity contribution in [3.05, 3.63) is 74.2 Å². The molecular weight excluding hydrogens is 517 g/mol. The molecule has 0 bridgehead atoms. The molecule has 1 saturated carbocycles. The van der Waals surface area contributed by atoms with Gasteiger partial charge in [-0.1, -0.05) is 12.1 Å². The molecule has 212 valence electrons. The first-order valence-corrected chi connectivity index (χ1v) is 13.7. The zero-order valence-electron chi connectivity index (χ0n) is 22.7. The number of urea groups is 1. The summed E-state index contributed by atoms with van der Waals surface area (Å²) in [5, 5.41) is 14.9. The number of carbonyl (C=O) groups excluding carboxylic acids is 2. The van der Waals surface area contributed by atoms with Gasteiger partial charge >= 0.3 is 11.7 Å². The van der Waals surface area contributed by atoms with Crippen molar-refractivity contribution in [3.8, 4) is 0 Å².